The van der Waals surface area contributed by atoms with Gasteiger partial charge >= 0.3 is 0 Å². The number of aliphatic imine (C=N–C) groups is 1. The van der Waals surface area contributed by atoms with Crippen LogP contribution in [0.2, 0.25) is 0 Å². The molecule has 2 rings (SSSR count). The second kappa shape index (κ2) is 11.2. The second-order valence-corrected chi connectivity index (χ2v) is 8.85. The fraction of sp³-hybridized carbons (Fsp3) is 0.944. The molecule has 5 nitrogen and oxygen atoms in total. The molecule has 1 aliphatic heterocycles. The number of halogens is 1. The summed E-state index contributed by atoms with van der Waals surface area (Å²) in [6, 6.07) is 0. The number of methoxy groups -OCH3 is 1. The van der Waals surface area contributed by atoms with Crippen molar-refractivity contribution >= 4 is 41.7 Å². The van der Waals surface area contributed by atoms with E-state index in [0.29, 0.717) is 5.54 Å². The normalized spacial score (nSPS) is 22.2. The Labute approximate surface area is 175 Å². The van der Waals surface area contributed by atoms with Gasteiger partial charge in [0.25, 0.3) is 0 Å². The van der Waals surface area contributed by atoms with Crippen LogP contribution in [0.15, 0.2) is 4.99 Å². The van der Waals surface area contributed by atoms with E-state index in [0.717, 1.165) is 19.0 Å². The SMILES string of the molecule is CN=C(NCC(C)(C)OC)NCC1(N2CCSCC2)CCCCC1.I. The van der Waals surface area contributed by atoms with Crippen LogP contribution in [0.1, 0.15) is 46.0 Å². The smallest absolute Gasteiger partial charge is 0.191 e. The molecule has 2 N–H and O–H groups in total. The highest BCUT2D eigenvalue weighted by atomic mass is 127. The van der Waals surface area contributed by atoms with Gasteiger partial charge in [0.05, 0.1) is 5.60 Å². The quantitative estimate of drug-likeness (QED) is 0.345. The maximum Gasteiger partial charge on any atom is 0.191 e. The molecule has 0 aromatic heterocycles. The van der Waals surface area contributed by atoms with Gasteiger partial charge in [-0.3, -0.25) is 9.89 Å². The summed E-state index contributed by atoms with van der Waals surface area (Å²) in [5, 5.41) is 7.02. The van der Waals surface area contributed by atoms with Gasteiger partial charge in [-0.25, -0.2) is 0 Å². The van der Waals surface area contributed by atoms with E-state index in [2.05, 4.69) is 46.1 Å². The van der Waals surface area contributed by atoms with Gasteiger partial charge in [-0.2, -0.15) is 11.8 Å². The highest BCUT2D eigenvalue weighted by Gasteiger charge is 2.38. The van der Waals surface area contributed by atoms with Gasteiger partial charge in [-0.1, -0.05) is 19.3 Å². The van der Waals surface area contributed by atoms with Gasteiger partial charge in [0.15, 0.2) is 5.96 Å². The van der Waals surface area contributed by atoms with E-state index >= 15 is 0 Å². The Morgan fingerprint density at radius 3 is 2.36 bits per heavy atom. The summed E-state index contributed by atoms with van der Waals surface area (Å²) >= 11 is 2.09. The molecule has 0 aromatic rings. The predicted octanol–water partition coefficient (Wildman–Crippen LogP) is 2.95. The van der Waals surface area contributed by atoms with Crippen molar-refractivity contribution in [3.63, 3.8) is 0 Å². The third-order valence-corrected chi connectivity index (χ3v) is 6.45. The number of hydrogen-bond acceptors (Lipinski definition) is 4. The first-order valence-corrected chi connectivity index (χ1v) is 10.5. The summed E-state index contributed by atoms with van der Waals surface area (Å²) in [6.45, 7) is 8.37. The first-order chi connectivity index (χ1) is 11.5. The number of guanidine groups is 1. The van der Waals surface area contributed by atoms with Crippen molar-refractivity contribution < 1.29 is 4.74 Å². The van der Waals surface area contributed by atoms with Crippen molar-refractivity contribution in [3.05, 3.63) is 0 Å². The van der Waals surface area contributed by atoms with Crippen LogP contribution in [0.25, 0.3) is 0 Å². The molecule has 1 aliphatic carbocycles. The number of hydrogen-bond donors (Lipinski definition) is 2. The average Bonchev–Trinajstić information content (AvgIpc) is 2.63. The minimum atomic E-state index is -0.190. The second-order valence-electron chi connectivity index (χ2n) is 7.63. The predicted molar refractivity (Wildman–Crippen MR) is 121 cm³/mol. The Balaban J connectivity index is 0.00000312. The van der Waals surface area contributed by atoms with Crippen LogP contribution in [0.3, 0.4) is 0 Å². The summed E-state index contributed by atoms with van der Waals surface area (Å²) in [7, 11) is 3.60. The van der Waals surface area contributed by atoms with Gasteiger partial charge in [0.2, 0.25) is 0 Å². The van der Waals surface area contributed by atoms with E-state index in [-0.39, 0.29) is 29.6 Å². The number of ether oxygens (including phenoxy) is 1. The Bertz CT molecular complexity index is 408. The maximum absolute atomic E-state index is 5.49. The number of rotatable bonds is 6. The highest BCUT2D eigenvalue weighted by Crippen LogP contribution is 2.34. The first-order valence-electron chi connectivity index (χ1n) is 9.34. The Morgan fingerprint density at radius 2 is 1.80 bits per heavy atom. The zero-order chi connectivity index (χ0) is 17.5. The first kappa shape index (κ1) is 23.3. The number of nitrogens with one attached hydrogen (secondary N) is 2. The lowest BCUT2D eigenvalue weighted by Gasteiger charge is -2.48. The van der Waals surface area contributed by atoms with E-state index in [1.54, 1.807) is 7.11 Å². The van der Waals surface area contributed by atoms with Crippen LogP contribution in [0.4, 0.5) is 0 Å². The summed E-state index contributed by atoms with van der Waals surface area (Å²) in [4.78, 5) is 7.15. The van der Waals surface area contributed by atoms with Crippen LogP contribution in [0, 0.1) is 0 Å². The maximum atomic E-state index is 5.49. The van der Waals surface area contributed by atoms with E-state index < -0.39 is 0 Å². The number of thioether (sulfide) groups is 1. The zero-order valence-electron chi connectivity index (χ0n) is 16.4. The molecule has 148 valence electrons. The summed E-state index contributed by atoms with van der Waals surface area (Å²) in [5.74, 6) is 3.43. The molecule has 1 heterocycles. The molecule has 0 spiro atoms. The van der Waals surface area contributed by atoms with E-state index in [1.165, 1.54) is 56.7 Å². The van der Waals surface area contributed by atoms with Crippen molar-refractivity contribution in [2.75, 3.05) is 51.8 Å². The molecule has 0 atom stereocenters. The van der Waals surface area contributed by atoms with Gasteiger partial charge in [-0.05, 0) is 26.7 Å². The van der Waals surface area contributed by atoms with Crippen LogP contribution in [-0.4, -0.2) is 73.8 Å². The van der Waals surface area contributed by atoms with Crippen LogP contribution >= 0.6 is 35.7 Å². The minimum Gasteiger partial charge on any atom is -0.377 e. The third-order valence-electron chi connectivity index (χ3n) is 5.51. The van der Waals surface area contributed by atoms with E-state index in [9.17, 15) is 0 Å². The molecule has 7 heteroatoms. The highest BCUT2D eigenvalue weighted by molar-refractivity contribution is 14.0. The summed E-state index contributed by atoms with van der Waals surface area (Å²) < 4.78 is 5.49. The lowest BCUT2D eigenvalue weighted by Crippen LogP contribution is -2.60. The van der Waals surface area contributed by atoms with Crippen molar-refractivity contribution in [1.82, 2.24) is 15.5 Å². The molecule has 0 radical (unpaired) electrons. The monoisotopic (exact) mass is 484 g/mol. The van der Waals surface area contributed by atoms with Crippen LogP contribution < -0.4 is 10.6 Å². The molecular formula is C18H37IN4OS. The van der Waals surface area contributed by atoms with E-state index in [4.69, 9.17) is 4.74 Å². The molecule has 2 aliphatic rings. The molecule has 0 amide bonds. The minimum absolute atomic E-state index is 0. The van der Waals surface area contributed by atoms with Gasteiger partial charge in [0, 0.05) is 57.4 Å². The fourth-order valence-corrected chi connectivity index (χ4v) is 4.59. The fourth-order valence-electron chi connectivity index (χ4n) is 3.69. The largest absolute Gasteiger partial charge is 0.377 e. The molecule has 0 bridgehead atoms. The Hall–Kier alpha value is 0.270. The molecule has 1 saturated heterocycles. The zero-order valence-corrected chi connectivity index (χ0v) is 19.5. The molecule has 0 unspecified atom stereocenters. The van der Waals surface area contributed by atoms with Crippen molar-refractivity contribution in [2.24, 2.45) is 4.99 Å². The van der Waals surface area contributed by atoms with Gasteiger partial charge in [0.1, 0.15) is 0 Å². The molecule has 0 aromatic carbocycles. The van der Waals surface area contributed by atoms with Gasteiger partial charge in [-0.15, -0.1) is 24.0 Å². The summed E-state index contributed by atoms with van der Waals surface area (Å²) in [5.41, 5.74) is 0.123. The molecule has 25 heavy (non-hydrogen) atoms. The van der Waals surface area contributed by atoms with E-state index in [1.807, 2.05) is 7.05 Å². The lowest BCUT2D eigenvalue weighted by molar-refractivity contribution is 0.0266. The van der Waals surface area contributed by atoms with Crippen molar-refractivity contribution in [3.8, 4) is 0 Å². The standard InChI is InChI=1S/C18H36N4OS.HI/c1-17(2,23-4)14-20-16(19-3)21-15-18(8-6-5-7-9-18)22-10-12-24-13-11-22;/h5-15H2,1-4H3,(H2,19,20,21);1H. The average molecular weight is 484 g/mol. The lowest BCUT2D eigenvalue weighted by atomic mass is 9.80. The third kappa shape index (κ3) is 7.07. The Morgan fingerprint density at radius 1 is 1.16 bits per heavy atom. The summed E-state index contributed by atoms with van der Waals surface area (Å²) in [6.07, 6.45) is 6.72. The Kier molecular flexibility index (Phi) is 10.4. The topological polar surface area (TPSA) is 48.9 Å². The van der Waals surface area contributed by atoms with Crippen LogP contribution in [0.5, 0.6) is 0 Å². The molecule has 2 fully saturated rings. The number of nitrogens with zero attached hydrogens (tertiary/aromatic N) is 2. The molecular weight excluding hydrogens is 447 g/mol. The van der Waals surface area contributed by atoms with Crippen molar-refractivity contribution in [1.29, 1.82) is 0 Å². The van der Waals surface area contributed by atoms with Gasteiger partial charge < -0.3 is 15.4 Å². The molecule has 1 saturated carbocycles. The van der Waals surface area contributed by atoms with Crippen molar-refractivity contribution in [2.45, 2.75) is 57.1 Å². The van der Waals surface area contributed by atoms with Crippen LogP contribution in [-0.2, 0) is 4.74 Å².